The standard InChI is InChI=1S/C10H20N2O/c1-11-10(7-13-8-10)9-4-3-5-12(2)6-9/h9,11H,3-8H2,1-2H3. The first-order chi connectivity index (χ1) is 6.27. The molecular weight excluding hydrogens is 164 g/mol. The van der Waals surface area contributed by atoms with Gasteiger partial charge in [0.15, 0.2) is 0 Å². The predicted octanol–water partition coefficient (Wildman–Crippen LogP) is 0.317. The SMILES string of the molecule is CNC1(C2CCCN(C)C2)COC1. The van der Waals surface area contributed by atoms with E-state index in [0.717, 1.165) is 19.1 Å². The van der Waals surface area contributed by atoms with Gasteiger partial charge >= 0.3 is 0 Å². The number of hydrogen-bond acceptors (Lipinski definition) is 3. The monoisotopic (exact) mass is 184 g/mol. The van der Waals surface area contributed by atoms with E-state index in [0.29, 0.717) is 5.54 Å². The van der Waals surface area contributed by atoms with Crippen LogP contribution in [0.5, 0.6) is 0 Å². The fourth-order valence-electron chi connectivity index (χ4n) is 2.52. The highest BCUT2D eigenvalue weighted by atomic mass is 16.5. The minimum Gasteiger partial charge on any atom is -0.377 e. The summed E-state index contributed by atoms with van der Waals surface area (Å²) in [6.45, 7) is 4.30. The van der Waals surface area contributed by atoms with Crippen LogP contribution in [0, 0.1) is 5.92 Å². The zero-order valence-corrected chi connectivity index (χ0v) is 8.68. The van der Waals surface area contributed by atoms with Crippen molar-refractivity contribution in [2.75, 3.05) is 40.4 Å². The predicted molar refractivity (Wildman–Crippen MR) is 52.8 cm³/mol. The van der Waals surface area contributed by atoms with Gasteiger partial charge in [-0.3, -0.25) is 0 Å². The summed E-state index contributed by atoms with van der Waals surface area (Å²) in [5.74, 6) is 0.782. The van der Waals surface area contributed by atoms with Crippen LogP contribution in [0.25, 0.3) is 0 Å². The molecule has 1 unspecified atom stereocenters. The van der Waals surface area contributed by atoms with Crippen LogP contribution in [0.1, 0.15) is 12.8 Å². The van der Waals surface area contributed by atoms with E-state index >= 15 is 0 Å². The Bertz CT molecular complexity index is 174. The number of likely N-dealkylation sites (tertiary alicyclic amines) is 1. The van der Waals surface area contributed by atoms with Crippen LogP contribution in [-0.4, -0.2) is 50.8 Å². The zero-order chi connectivity index (χ0) is 9.31. The molecule has 1 N–H and O–H groups in total. The van der Waals surface area contributed by atoms with Gasteiger partial charge in [-0.25, -0.2) is 0 Å². The van der Waals surface area contributed by atoms with Crippen molar-refractivity contribution in [2.24, 2.45) is 5.92 Å². The van der Waals surface area contributed by atoms with Crippen LogP contribution in [-0.2, 0) is 4.74 Å². The average Bonchev–Trinajstić information content (AvgIpc) is 2.03. The molecule has 0 aliphatic carbocycles. The van der Waals surface area contributed by atoms with E-state index in [1.54, 1.807) is 0 Å². The summed E-state index contributed by atoms with van der Waals surface area (Å²) in [4.78, 5) is 2.44. The van der Waals surface area contributed by atoms with E-state index in [4.69, 9.17) is 4.74 Å². The molecule has 0 saturated carbocycles. The summed E-state index contributed by atoms with van der Waals surface area (Å²) < 4.78 is 5.34. The van der Waals surface area contributed by atoms with E-state index in [-0.39, 0.29) is 0 Å². The lowest BCUT2D eigenvalue weighted by atomic mass is 9.77. The Kier molecular flexibility index (Phi) is 2.58. The first kappa shape index (κ1) is 9.44. The summed E-state index contributed by atoms with van der Waals surface area (Å²) in [7, 11) is 4.28. The van der Waals surface area contributed by atoms with E-state index in [9.17, 15) is 0 Å². The number of ether oxygens (including phenoxy) is 1. The number of likely N-dealkylation sites (N-methyl/N-ethyl adjacent to an activating group) is 1. The second-order valence-corrected chi connectivity index (χ2v) is 4.50. The Morgan fingerprint density at radius 2 is 2.23 bits per heavy atom. The van der Waals surface area contributed by atoms with Gasteiger partial charge in [-0.1, -0.05) is 0 Å². The van der Waals surface area contributed by atoms with E-state index in [1.807, 2.05) is 0 Å². The Morgan fingerprint density at radius 3 is 2.69 bits per heavy atom. The first-order valence-corrected chi connectivity index (χ1v) is 5.22. The smallest absolute Gasteiger partial charge is 0.0691 e. The van der Waals surface area contributed by atoms with E-state index in [1.165, 1.54) is 25.9 Å². The Morgan fingerprint density at radius 1 is 1.46 bits per heavy atom. The second-order valence-electron chi connectivity index (χ2n) is 4.50. The maximum Gasteiger partial charge on any atom is 0.0691 e. The molecule has 3 heteroatoms. The fourth-order valence-corrected chi connectivity index (χ4v) is 2.52. The molecule has 2 fully saturated rings. The summed E-state index contributed by atoms with van der Waals surface area (Å²) in [5, 5.41) is 3.45. The summed E-state index contributed by atoms with van der Waals surface area (Å²) in [6.07, 6.45) is 2.69. The molecule has 2 heterocycles. The molecule has 2 aliphatic heterocycles. The lowest BCUT2D eigenvalue weighted by molar-refractivity contribution is -0.111. The van der Waals surface area contributed by atoms with Crippen molar-refractivity contribution in [3.05, 3.63) is 0 Å². The van der Waals surface area contributed by atoms with Gasteiger partial charge in [0.2, 0.25) is 0 Å². The first-order valence-electron chi connectivity index (χ1n) is 5.22. The maximum atomic E-state index is 5.34. The molecule has 2 rings (SSSR count). The number of nitrogens with one attached hydrogen (secondary N) is 1. The van der Waals surface area contributed by atoms with Crippen molar-refractivity contribution in [2.45, 2.75) is 18.4 Å². The van der Waals surface area contributed by atoms with Gasteiger partial charge in [-0.15, -0.1) is 0 Å². The molecule has 13 heavy (non-hydrogen) atoms. The highest BCUT2D eigenvalue weighted by Gasteiger charge is 2.45. The van der Waals surface area contributed by atoms with E-state index < -0.39 is 0 Å². The Balaban J connectivity index is 1.97. The number of hydrogen-bond donors (Lipinski definition) is 1. The topological polar surface area (TPSA) is 24.5 Å². The van der Waals surface area contributed by atoms with Crippen LogP contribution in [0.3, 0.4) is 0 Å². The molecule has 3 nitrogen and oxygen atoms in total. The molecule has 0 spiro atoms. The Hall–Kier alpha value is -0.120. The van der Waals surface area contributed by atoms with Crippen molar-refractivity contribution in [1.82, 2.24) is 10.2 Å². The van der Waals surface area contributed by atoms with Crippen LogP contribution >= 0.6 is 0 Å². The van der Waals surface area contributed by atoms with Crippen molar-refractivity contribution in [3.8, 4) is 0 Å². The van der Waals surface area contributed by atoms with Gasteiger partial charge in [0, 0.05) is 6.54 Å². The summed E-state index contributed by atoms with van der Waals surface area (Å²) in [5.41, 5.74) is 0.300. The molecule has 0 aromatic heterocycles. The minimum absolute atomic E-state index is 0.300. The van der Waals surface area contributed by atoms with Crippen LogP contribution in [0.2, 0.25) is 0 Å². The molecule has 1 atom stereocenters. The molecule has 0 aromatic carbocycles. The number of rotatable bonds is 2. The largest absolute Gasteiger partial charge is 0.377 e. The Labute approximate surface area is 80.4 Å². The normalized spacial score (nSPS) is 34.2. The molecule has 2 aliphatic rings. The third-order valence-electron chi connectivity index (χ3n) is 3.62. The zero-order valence-electron chi connectivity index (χ0n) is 8.68. The highest BCUT2D eigenvalue weighted by molar-refractivity contribution is 5.00. The lowest BCUT2D eigenvalue weighted by Crippen LogP contribution is -2.66. The van der Waals surface area contributed by atoms with Crippen LogP contribution in [0.4, 0.5) is 0 Å². The van der Waals surface area contributed by atoms with Crippen LogP contribution in [0.15, 0.2) is 0 Å². The van der Waals surface area contributed by atoms with Gasteiger partial charge < -0.3 is 15.0 Å². The summed E-state index contributed by atoms with van der Waals surface area (Å²) >= 11 is 0. The second kappa shape index (κ2) is 3.56. The molecule has 0 radical (unpaired) electrons. The minimum atomic E-state index is 0.300. The summed E-state index contributed by atoms with van der Waals surface area (Å²) in [6, 6.07) is 0. The van der Waals surface area contributed by atoms with Gasteiger partial charge in [-0.2, -0.15) is 0 Å². The quantitative estimate of drug-likeness (QED) is 0.669. The van der Waals surface area contributed by atoms with E-state index in [2.05, 4.69) is 24.3 Å². The van der Waals surface area contributed by atoms with Gasteiger partial charge in [0.25, 0.3) is 0 Å². The fraction of sp³-hybridized carbons (Fsp3) is 1.00. The average molecular weight is 184 g/mol. The lowest BCUT2D eigenvalue weighted by Gasteiger charge is -2.49. The molecule has 76 valence electrons. The van der Waals surface area contributed by atoms with Gasteiger partial charge in [0.05, 0.1) is 18.8 Å². The van der Waals surface area contributed by atoms with Crippen molar-refractivity contribution < 1.29 is 4.74 Å². The van der Waals surface area contributed by atoms with Crippen LogP contribution < -0.4 is 5.32 Å². The van der Waals surface area contributed by atoms with Crippen molar-refractivity contribution in [3.63, 3.8) is 0 Å². The third-order valence-corrected chi connectivity index (χ3v) is 3.62. The molecule has 0 amide bonds. The highest BCUT2D eigenvalue weighted by Crippen LogP contribution is 2.32. The van der Waals surface area contributed by atoms with Crippen molar-refractivity contribution in [1.29, 1.82) is 0 Å². The number of piperidine rings is 1. The molecule has 2 saturated heterocycles. The van der Waals surface area contributed by atoms with Gasteiger partial charge in [-0.05, 0) is 39.4 Å². The van der Waals surface area contributed by atoms with Crippen molar-refractivity contribution >= 4 is 0 Å². The molecular formula is C10H20N2O. The molecule has 0 aromatic rings. The molecule has 0 bridgehead atoms. The number of nitrogens with zero attached hydrogens (tertiary/aromatic N) is 1. The third kappa shape index (κ3) is 1.60. The van der Waals surface area contributed by atoms with Gasteiger partial charge in [0.1, 0.15) is 0 Å². The maximum absolute atomic E-state index is 5.34.